The van der Waals surface area contributed by atoms with Crippen LogP contribution in [0.2, 0.25) is 0 Å². The second-order valence-corrected chi connectivity index (χ2v) is 6.33. The van der Waals surface area contributed by atoms with Crippen LogP contribution < -0.4 is 4.74 Å². The molecule has 0 heterocycles. The monoisotopic (exact) mass is 295 g/mol. The number of aliphatic hydroxyl groups is 1. The van der Waals surface area contributed by atoms with E-state index < -0.39 is 12.1 Å². The Morgan fingerprint density at radius 3 is 2.33 bits per heavy atom. The lowest BCUT2D eigenvalue weighted by atomic mass is 9.87. The third kappa shape index (κ3) is 6.60. The average molecular weight is 295 g/mol. The highest BCUT2D eigenvalue weighted by Gasteiger charge is 2.14. The first kappa shape index (κ1) is 17.5. The molecule has 1 rings (SSSR count). The van der Waals surface area contributed by atoms with Crippen LogP contribution in [-0.2, 0) is 10.2 Å². The van der Waals surface area contributed by atoms with Gasteiger partial charge in [0.05, 0.1) is 6.54 Å². The Morgan fingerprint density at radius 1 is 1.29 bits per heavy atom. The molecule has 0 saturated heterocycles. The van der Waals surface area contributed by atoms with Crippen molar-refractivity contribution in [1.82, 2.24) is 4.90 Å². The summed E-state index contributed by atoms with van der Waals surface area (Å²) in [6.45, 7) is 6.73. The highest BCUT2D eigenvalue weighted by molar-refractivity contribution is 5.69. The number of likely N-dealkylation sites (N-methyl/N-ethyl adjacent to an activating group) is 1. The summed E-state index contributed by atoms with van der Waals surface area (Å²) >= 11 is 0. The summed E-state index contributed by atoms with van der Waals surface area (Å²) in [7, 11) is 1.65. The Morgan fingerprint density at radius 2 is 1.86 bits per heavy atom. The molecule has 2 N–H and O–H groups in total. The normalized spacial score (nSPS) is 13.2. The molecule has 1 aromatic rings. The molecule has 5 heteroatoms. The predicted molar refractivity (Wildman–Crippen MR) is 81.8 cm³/mol. The maximum absolute atomic E-state index is 10.5. The van der Waals surface area contributed by atoms with Crippen molar-refractivity contribution >= 4 is 5.97 Å². The largest absolute Gasteiger partial charge is 0.491 e. The van der Waals surface area contributed by atoms with E-state index in [4.69, 9.17) is 9.84 Å². The van der Waals surface area contributed by atoms with Crippen LogP contribution in [0.3, 0.4) is 0 Å². The number of hydrogen-bond donors (Lipinski definition) is 2. The van der Waals surface area contributed by atoms with Gasteiger partial charge in [0.2, 0.25) is 0 Å². The maximum atomic E-state index is 10.5. The molecular formula is C16H25NO4. The summed E-state index contributed by atoms with van der Waals surface area (Å²) in [5.74, 6) is -0.216. The number of hydrogen-bond acceptors (Lipinski definition) is 4. The summed E-state index contributed by atoms with van der Waals surface area (Å²) in [4.78, 5) is 12.1. The van der Waals surface area contributed by atoms with Crippen LogP contribution in [0.25, 0.3) is 0 Å². The molecule has 1 aromatic carbocycles. The molecule has 0 fully saturated rings. The van der Waals surface area contributed by atoms with E-state index >= 15 is 0 Å². The maximum Gasteiger partial charge on any atom is 0.317 e. The zero-order chi connectivity index (χ0) is 16.0. The smallest absolute Gasteiger partial charge is 0.317 e. The van der Waals surface area contributed by atoms with Gasteiger partial charge in [-0.2, -0.15) is 0 Å². The molecule has 118 valence electrons. The van der Waals surface area contributed by atoms with E-state index in [1.165, 1.54) is 5.56 Å². The zero-order valence-electron chi connectivity index (χ0n) is 13.2. The van der Waals surface area contributed by atoms with Crippen LogP contribution in [0.5, 0.6) is 5.75 Å². The molecule has 0 unspecified atom stereocenters. The molecular weight excluding hydrogens is 270 g/mol. The minimum atomic E-state index is -0.914. The van der Waals surface area contributed by atoms with Gasteiger partial charge in [-0.05, 0) is 30.2 Å². The van der Waals surface area contributed by atoms with Gasteiger partial charge in [0.25, 0.3) is 0 Å². The molecule has 0 aliphatic heterocycles. The van der Waals surface area contributed by atoms with Crippen molar-refractivity contribution in [3.8, 4) is 5.75 Å². The first-order valence-corrected chi connectivity index (χ1v) is 7.00. The second-order valence-electron chi connectivity index (χ2n) is 6.33. The quantitative estimate of drug-likeness (QED) is 0.802. The molecule has 5 nitrogen and oxygen atoms in total. The highest BCUT2D eigenvalue weighted by atomic mass is 16.5. The molecule has 0 radical (unpaired) electrons. The fourth-order valence-electron chi connectivity index (χ4n) is 1.95. The summed E-state index contributed by atoms with van der Waals surface area (Å²) in [5, 5.41) is 18.5. The Balaban J connectivity index is 2.43. The lowest BCUT2D eigenvalue weighted by molar-refractivity contribution is -0.138. The van der Waals surface area contributed by atoms with E-state index in [9.17, 15) is 9.90 Å². The zero-order valence-corrected chi connectivity index (χ0v) is 13.2. The van der Waals surface area contributed by atoms with Gasteiger partial charge in [-0.1, -0.05) is 32.9 Å². The van der Waals surface area contributed by atoms with Crippen molar-refractivity contribution in [2.24, 2.45) is 0 Å². The van der Waals surface area contributed by atoms with Crippen LogP contribution in [0.15, 0.2) is 24.3 Å². The van der Waals surface area contributed by atoms with Crippen LogP contribution >= 0.6 is 0 Å². The van der Waals surface area contributed by atoms with Crippen molar-refractivity contribution in [3.05, 3.63) is 29.8 Å². The van der Waals surface area contributed by atoms with E-state index in [0.29, 0.717) is 5.75 Å². The lowest BCUT2D eigenvalue weighted by Gasteiger charge is -2.20. The van der Waals surface area contributed by atoms with Gasteiger partial charge in [-0.15, -0.1) is 0 Å². The SMILES string of the molecule is CN(CC(=O)O)C[C@@H](O)COc1ccc(C(C)(C)C)cc1. The van der Waals surface area contributed by atoms with Crippen LogP contribution in [0, 0.1) is 0 Å². The molecule has 0 aliphatic rings. The van der Waals surface area contributed by atoms with Crippen molar-refractivity contribution in [2.75, 3.05) is 26.7 Å². The molecule has 21 heavy (non-hydrogen) atoms. The summed E-state index contributed by atoms with van der Waals surface area (Å²) < 4.78 is 5.52. The van der Waals surface area contributed by atoms with Crippen molar-refractivity contribution in [1.29, 1.82) is 0 Å². The topological polar surface area (TPSA) is 70.0 Å². The summed E-state index contributed by atoms with van der Waals surface area (Å²) in [6, 6.07) is 7.79. The number of aliphatic carboxylic acids is 1. The molecule has 0 saturated carbocycles. The first-order valence-electron chi connectivity index (χ1n) is 7.00. The molecule has 0 spiro atoms. The van der Waals surface area contributed by atoms with Crippen molar-refractivity contribution in [2.45, 2.75) is 32.3 Å². The third-order valence-corrected chi connectivity index (χ3v) is 3.09. The number of carboxylic acids is 1. The fourth-order valence-corrected chi connectivity index (χ4v) is 1.95. The van der Waals surface area contributed by atoms with E-state index in [0.717, 1.165) is 0 Å². The van der Waals surface area contributed by atoms with Crippen molar-refractivity contribution in [3.63, 3.8) is 0 Å². The van der Waals surface area contributed by atoms with Gasteiger partial charge < -0.3 is 14.9 Å². The standard InChI is InChI=1S/C16H25NO4/c1-16(2,3)12-5-7-14(8-6-12)21-11-13(18)9-17(4)10-15(19)20/h5-8,13,18H,9-11H2,1-4H3,(H,19,20)/t13-/m1/s1. The Kier molecular flexibility index (Phi) is 6.18. The minimum absolute atomic E-state index is 0.0948. The molecule has 0 amide bonds. The fraction of sp³-hybridized carbons (Fsp3) is 0.562. The number of aliphatic hydroxyl groups excluding tert-OH is 1. The number of ether oxygens (including phenoxy) is 1. The van der Waals surface area contributed by atoms with Crippen molar-refractivity contribution < 1.29 is 19.7 Å². The van der Waals surface area contributed by atoms with Gasteiger partial charge >= 0.3 is 5.97 Å². The van der Waals surface area contributed by atoms with E-state index in [1.54, 1.807) is 11.9 Å². The predicted octanol–water partition coefficient (Wildman–Crippen LogP) is 1.74. The van der Waals surface area contributed by atoms with Gasteiger partial charge in [0.15, 0.2) is 0 Å². The molecule has 1 atom stereocenters. The Labute approximate surface area is 126 Å². The molecule has 0 bridgehead atoms. The number of rotatable bonds is 7. The summed E-state index contributed by atoms with van der Waals surface area (Å²) in [5.41, 5.74) is 1.31. The average Bonchev–Trinajstić information content (AvgIpc) is 2.34. The van der Waals surface area contributed by atoms with Gasteiger partial charge in [0.1, 0.15) is 18.5 Å². The molecule has 0 aromatic heterocycles. The highest BCUT2D eigenvalue weighted by Crippen LogP contribution is 2.24. The summed E-state index contributed by atoms with van der Waals surface area (Å²) in [6.07, 6.45) is -0.725. The van der Waals surface area contributed by atoms with Gasteiger partial charge in [-0.3, -0.25) is 9.69 Å². The number of carbonyl (C=O) groups is 1. The van der Waals surface area contributed by atoms with E-state index in [-0.39, 0.29) is 25.1 Å². The third-order valence-electron chi connectivity index (χ3n) is 3.09. The number of carboxylic acid groups (broad SMARTS) is 1. The molecule has 0 aliphatic carbocycles. The Hall–Kier alpha value is -1.59. The van der Waals surface area contributed by atoms with Gasteiger partial charge in [0, 0.05) is 6.54 Å². The van der Waals surface area contributed by atoms with E-state index in [1.807, 2.05) is 24.3 Å². The van der Waals surface area contributed by atoms with E-state index in [2.05, 4.69) is 20.8 Å². The van der Waals surface area contributed by atoms with Crippen LogP contribution in [0.4, 0.5) is 0 Å². The first-order chi connectivity index (χ1) is 9.68. The number of nitrogens with zero attached hydrogens (tertiary/aromatic N) is 1. The van der Waals surface area contributed by atoms with Gasteiger partial charge in [-0.25, -0.2) is 0 Å². The van der Waals surface area contributed by atoms with Crippen LogP contribution in [-0.4, -0.2) is 53.9 Å². The lowest BCUT2D eigenvalue weighted by Crippen LogP contribution is -2.36. The second kappa shape index (κ2) is 7.43. The van der Waals surface area contributed by atoms with Crippen LogP contribution in [0.1, 0.15) is 26.3 Å². The minimum Gasteiger partial charge on any atom is -0.491 e. The Bertz CT molecular complexity index is 450. The number of benzene rings is 1.